The van der Waals surface area contributed by atoms with E-state index < -0.39 is 0 Å². The van der Waals surface area contributed by atoms with Gasteiger partial charge in [-0.15, -0.1) is 0 Å². The molecule has 7 nitrogen and oxygen atoms in total. The number of amides is 1. The third-order valence-electron chi connectivity index (χ3n) is 6.46. The Morgan fingerprint density at radius 1 is 1.10 bits per heavy atom. The van der Waals surface area contributed by atoms with Crippen molar-refractivity contribution in [3.8, 4) is 5.75 Å². The third kappa shape index (κ3) is 5.67. The molecule has 2 aromatic rings. The minimum absolute atomic E-state index is 0.157. The Hall–Kier alpha value is -2.80. The van der Waals surface area contributed by atoms with E-state index in [4.69, 9.17) is 10.5 Å². The maximum atomic E-state index is 13.0. The fourth-order valence-electron chi connectivity index (χ4n) is 4.61. The number of pyridine rings is 1. The lowest BCUT2D eigenvalue weighted by Crippen LogP contribution is -2.47. The van der Waals surface area contributed by atoms with Crippen LogP contribution in [0, 0.1) is 5.92 Å². The molecule has 1 amide bonds. The molecule has 0 unspecified atom stereocenters. The molecular weight excluding hydrogens is 390 g/mol. The van der Waals surface area contributed by atoms with Gasteiger partial charge in [-0.1, -0.05) is 0 Å². The molecule has 1 aromatic heterocycles. The zero-order valence-corrected chi connectivity index (χ0v) is 18.3. The van der Waals surface area contributed by atoms with Crippen LogP contribution in [0.15, 0.2) is 42.6 Å². The van der Waals surface area contributed by atoms with Crippen molar-refractivity contribution < 1.29 is 9.53 Å². The van der Waals surface area contributed by atoms with E-state index in [1.807, 2.05) is 36.4 Å². The number of methoxy groups -OCH3 is 1. The maximum Gasteiger partial charge on any atom is 0.225 e. The fraction of sp³-hybridized carbons (Fsp3) is 0.500. The lowest BCUT2D eigenvalue weighted by Gasteiger charge is -2.37. The number of rotatable bonds is 6. The largest absolute Gasteiger partial charge is 0.497 e. The molecule has 0 aliphatic carbocycles. The predicted octanol–water partition coefficient (Wildman–Crippen LogP) is 2.99. The van der Waals surface area contributed by atoms with Crippen LogP contribution >= 0.6 is 0 Å². The highest BCUT2D eigenvalue weighted by Crippen LogP contribution is 2.25. The van der Waals surface area contributed by atoms with E-state index in [0.717, 1.165) is 69.8 Å². The summed E-state index contributed by atoms with van der Waals surface area (Å²) in [5.41, 5.74) is 8.07. The molecule has 0 saturated carbocycles. The van der Waals surface area contributed by atoms with Gasteiger partial charge in [0.2, 0.25) is 5.91 Å². The number of nitrogen functional groups attached to an aromatic ring is 1. The number of benzene rings is 1. The van der Waals surface area contributed by atoms with Crippen molar-refractivity contribution in [3.05, 3.63) is 48.2 Å². The Kier molecular flexibility index (Phi) is 6.92. The van der Waals surface area contributed by atoms with E-state index >= 15 is 0 Å². The second-order valence-electron chi connectivity index (χ2n) is 8.61. The molecule has 2 fully saturated rings. The van der Waals surface area contributed by atoms with Gasteiger partial charge in [0.25, 0.3) is 0 Å². The number of piperidine rings is 2. The SMILES string of the molecule is COc1ccc(NC2CCN(C(=O)C3CCN(Cc4ccnc(N)c4)CC3)CC2)cc1. The second kappa shape index (κ2) is 10.0. The van der Waals surface area contributed by atoms with E-state index in [1.54, 1.807) is 13.3 Å². The van der Waals surface area contributed by atoms with Crippen molar-refractivity contribution in [2.24, 2.45) is 5.92 Å². The second-order valence-corrected chi connectivity index (χ2v) is 8.61. The molecule has 2 saturated heterocycles. The lowest BCUT2D eigenvalue weighted by atomic mass is 9.93. The van der Waals surface area contributed by atoms with Gasteiger partial charge in [0.15, 0.2) is 0 Å². The molecule has 4 rings (SSSR count). The number of hydrogen-bond donors (Lipinski definition) is 2. The number of ether oxygens (including phenoxy) is 1. The summed E-state index contributed by atoms with van der Waals surface area (Å²) in [6, 6.07) is 12.4. The van der Waals surface area contributed by atoms with Crippen molar-refractivity contribution in [2.75, 3.05) is 44.3 Å². The van der Waals surface area contributed by atoms with Crippen LogP contribution in [0.25, 0.3) is 0 Å². The average molecular weight is 424 g/mol. The number of nitrogens with one attached hydrogen (secondary N) is 1. The molecule has 0 bridgehead atoms. The van der Waals surface area contributed by atoms with E-state index in [2.05, 4.69) is 20.1 Å². The number of carbonyl (C=O) groups excluding carboxylic acids is 1. The number of likely N-dealkylation sites (tertiary alicyclic amines) is 2. The average Bonchev–Trinajstić information content (AvgIpc) is 2.80. The van der Waals surface area contributed by atoms with Gasteiger partial charge in [-0.25, -0.2) is 4.98 Å². The Labute approximate surface area is 184 Å². The Bertz CT molecular complexity index is 857. The minimum Gasteiger partial charge on any atom is -0.497 e. The Morgan fingerprint density at radius 3 is 2.45 bits per heavy atom. The van der Waals surface area contributed by atoms with Crippen LogP contribution in [0.1, 0.15) is 31.2 Å². The fourth-order valence-corrected chi connectivity index (χ4v) is 4.61. The summed E-state index contributed by atoms with van der Waals surface area (Å²) < 4.78 is 5.22. The van der Waals surface area contributed by atoms with Gasteiger partial charge in [0.05, 0.1) is 7.11 Å². The molecule has 3 N–H and O–H groups in total. The molecule has 0 spiro atoms. The van der Waals surface area contributed by atoms with Gasteiger partial charge in [-0.3, -0.25) is 9.69 Å². The van der Waals surface area contributed by atoms with Crippen LogP contribution in [-0.2, 0) is 11.3 Å². The summed E-state index contributed by atoms with van der Waals surface area (Å²) in [5.74, 6) is 1.93. The summed E-state index contributed by atoms with van der Waals surface area (Å²) in [4.78, 5) is 21.6. The van der Waals surface area contributed by atoms with Crippen LogP contribution in [0.2, 0.25) is 0 Å². The molecule has 166 valence electrons. The van der Waals surface area contributed by atoms with Crippen LogP contribution in [0.4, 0.5) is 11.5 Å². The maximum absolute atomic E-state index is 13.0. The smallest absolute Gasteiger partial charge is 0.225 e. The number of hydrogen-bond acceptors (Lipinski definition) is 6. The van der Waals surface area contributed by atoms with Crippen molar-refractivity contribution >= 4 is 17.4 Å². The third-order valence-corrected chi connectivity index (χ3v) is 6.46. The van der Waals surface area contributed by atoms with Gasteiger partial charge in [0.1, 0.15) is 11.6 Å². The molecular formula is C24H33N5O2. The van der Waals surface area contributed by atoms with Gasteiger partial charge in [-0.2, -0.15) is 0 Å². The highest BCUT2D eigenvalue weighted by atomic mass is 16.5. The highest BCUT2D eigenvalue weighted by molar-refractivity contribution is 5.79. The first-order valence-corrected chi connectivity index (χ1v) is 11.2. The molecule has 7 heteroatoms. The molecule has 0 radical (unpaired) electrons. The zero-order valence-electron chi connectivity index (χ0n) is 18.3. The van der Waals surface area contributed by atoms with Crippen LogP contribution in [0.5, 0.6) is 5.75 Å². The molecule has 2 aliphatic rings. The summed E-state index contributed by atoms with van der Waals surface area (Å²) in [6.45, 7) is 4.45. The first-order valence-electron chi connectivity index (χ1n) is 11.2. The standard InChI is InChI=1S/C24H33N5O2/c1-31-22-4-2-20(3-5-22)27-21-9-14-29(15-10-21)24(30)19-7-12-28(13-8-19)17-18-6-11-26-23(25)16-18/h2-6,11,16,19,21,27H,7-10,12-15,17H2,1H3,(H2,25,26). The van der Waals surface area contributed by atoms with Crippen LogP contribution in [-0.4, -0.2) is 60.0 Å². The van der Waals surface area contributed by atoms with Crippen molar-refractivity contribution in [1.29, 1.82) is 0 Å². The van der Waals surface area contributed by atoms with Crippen molar-refractivity contribution in [3.63, 3.8) is 0 Å². The highest BCUT2D eigenvalue weighted by Gasteiger charge is 2.30. The molecule has 0 atom stereocenters. The first-order chi connectivity index (χ1) is 15.1. The van der Waals surface area contributed by atoms with E-state index in [0.29, 0.717) is 17.8 Å². The normalized spacial score (nSPS) is 18.7. The quantitative estimate of drug-likeness (QED) is 0.743. The Morgan fingerprint density at radius 2 is 1.81 bits per heavy atom. The summed E-state index contributed by atoms with van der Waals surface area (Å²) in [6.07, 6.45) is 5.60. The van der Waals surface area contributed by atoms with Crippen LogP contribution < -0.4 is 15.8 Å². The van der Waals surface area contributed by atoms with E-state index in [9.17, 15) is 4.79 Å². The summed E-state index contributed by atoms with van der Waals surface area (Å²) in [7, 11) is 1.68. The number of nitrogens with zero attached hydrogens (tertiary/aromatic N) is 3. The number of anilines is 2. The minimum atomic E-state index is 0.157. The van der Waals surface area contributed by atoms with Crippen LogP contribution in [0.3, 0.4) is 0 Å². The molecule has 1 aromatic carbocycles. The number of carbonyl (C=O) groups is 1. The Balaban J connectivity index is 1.20. The van der Waals surface area contributed by atoms with Gasteiger partial charge in [0, 0.05) is 43.5 Å². The molecule has 2 aliphatic heterocycles. The first kappa shape index (κ1) is 21.4. The molecule has 31 heavy (non-hydrogen) atoms. The van der Waals surface area contributed by atoms with E-state index in [1.165, 1.54) is 5.56 Å². The zero-order chi connectivity index (χ0) is 21.6. The topological polar surface area (TPSA) is 83.7 Å². The monoisotopic (exact) mass is 423 g/mol. The van der Waals surface area contributed by atoms with Gasteiger partial charge in [-0.05, 0) is 80.7 Å². The number of nitrogens with two attached hydrogens (primary N) is 1. The summed E-state index contributed by atoms with van der Waals surface area (Å²) in [5, 5.41) is 3.59. The molecule has 3 heterocycles. The predicted molar refractivity (Wildman–Crippen MR) is 123 cm³/mol. The van der Waals surface area contributed by atoms with Gasteiger partial charge < -0.3 is 20.7 Å². The summed E-state index contributed by atoms with van der Waals surface area (Å²) >= 11 is 0. The van der Waals surface area contributed by atoms with Crippen molar-refractivity contribution in [2.45, 2.75) is 38.3 Å². The van der Waals surface area contributed by atoms with Gasteiger partial charge >= 0.3 is 0 Å². The van der Waals surface area contributed by atoms with E-state index in [-0.39, 0.29) is 5.92 Å². The number of aromatic nitrogens is 1. The lowest BCUT2D eigenvalue weighted by molar-refractivity contribution is -0.138. The van der Waals surface area contributed by atoms with Crippen molar-refractivity contribution in [1.82, 2.24) is 14.8 Å².